The fourth-order valence-corrected chi connectivity index (χ4v) is 2.46. The van der Waals surface area contributed by atoms with Gasteiger partial charge >= 0.3 is 0 Å². The van der Waals surface area contributed by atoms with Gasteiger partial charge in [-0.15, -0.1) is 0 Å². The van der Waals surface area contributed by atoms with Crippen molar-refractivity contribution in [2.45, 2.75) is 6.92 Å². The Bertz CT molecular complexity index is 981. The minimum atomic E-state index is -0.275. The minimum Gasteiger partial charge on any atom is -0.497 e. The van der Waals surface area contributed by atoms with Gasteiger partial charge in [-0.05, 0) is 43.3 Å². The van der Waals surface area contributed by atoms with E-state index in [4.69, 9.17) is 9.47 Å². The van der Waals surface area contributed by atoms with Crippen LogP contribution in [0, 0.1) is 0 Å². The number of anilines is 1. The number of benzene rings is 2. The van der Waals surface area contributed by atoms with E-state index in [2.05, 4.69) is 20.5 Å². The molecular weight excluding hydrogens is 344 g/mol. The van der Waals surface area contributed by atoms with Gasteiger partial charge in [-0.3, -0.25) is 9.78 Å². The zero-order valence-electron chi connectivity index (χ0n) is 15.1. The van der Waals surface area contributed by atoms with E-state index in [0.717, 1.165) is 22.6 Å². The molecule has 0 saturated heterocycles. The summed E-state index contributed by atoms with van der Waals surface area (Å²) >= 11 is 0. The summed E-state index contributed by atoms with van der Waals surface area (Å²) in [5.41, 5.74) is 4.64. The van der Waals surface area contributed by atoms with Crippen LogP contribution < -0.4 is 20.5 Å². The number of hydrogen-bond donors (Lipinski definition) is 2. The average molecular weight is 364 g/mol. The largest absolute Gasteiger partial charge is 0.497 e. The van der Waals surface area contributed by atoms with Gasteiger partial charge in [0.15, 0.2) is 0 Å². The molecule has 2 N–H and O–H groups in total. The number of hydrazone groups is 1. The molecule has 0 bridgehead atoms. The molecule has 7 nitrogen and oxygen atoms in total. The van der Waals surface area contributed by atoms with Crippen LogP contribution in [0.2, 0.25) is 0 Å². The summed E-state index contributed by atoms with van der Waals surface area (Å²) < 4.78 is 10.7. The molecule has 7 heteroatoms. The van der Waals surface area contributed by atoms with Gasteiger partial charge in [0, 0.05) is 17.2 Å². The number of ether oxygens (including phenoxy) is 2. The summed E-state index contributed by atoms with van der Waals surface area (Å²) in [6.07, 6.45) is 1.62. The Hall–Kier alpha value is -3.61. The minimum absolute atomic E-state index is 0.249. The molecule has 1 heterocycles. The molecule has 0 spiro atoms. The van der Waals surface area contributed by atoms with Gasteiger partial charge in [0.2, 0.25) is 5.95 Å². The zero-order valence-corrected chi connectivity index (χ0v) is 15.1. The summed E-state index contributed by atoms with van der Waals surface area (Å²) in [6.45, 7) is 2.49. The van der Waals surface area contributed by atoms with Crippen LogP contribution in [0.25, 0.3) is 11.3 Å². The van der Waals surface area contributed by atoms with Crippen molar-refractivity contribution in [2.24, 2.45) is 5.10 Å². The molecule has 1 aromatic heterocycles. The third kappa shape index (κ3) is 4.72. The van der Waals surface area contributed by atoms with Gasteiger partial charge < -0.3 is 9.47 Å². The molecule has 3 rings (SSSR count). The van der Waals surface area contributed by atoms with Crippen LogP contribution in [0.5, 0.6) is 11.5 Å². The first kappa shape index (κ1) is 18.2. The smallest absolute Gasteiger partial charge is 0.252 e. The molecular formula is C20H20N4O3. The number of aromatic amines is 1. The molecule has 0 aliphatic heterocycles. The highest BCUT2D eigenvalue weighted by Crippen LogP contribution is 2.20. The molecule has 0 aliphatic rings. The van der Waals surface area contributed by atoms with Crippen molar-refractivity contribution in [3.8, 4) is 22.8 Å². The van der Waals surface area contributed by atoms with E-state index < -0.39 is 0 Å². The Morgan fingerprint density at radius 1 is 1.19 bits per heavy atom. The van der Waals surface area contributed by atoms with Gasteiger partial charge in [0.25, 0.3) is 5.56 Å². The predicted octanol–water partition coefficient (Wildman–Crippen LogP) is 3.29. The average Bonchev–Trinajstić information content (AvgIpc) is 2.69. The third-order valence-corrected chi connectivity index (χ3v) is 3.72. The van der Waals surface area contributed by atoms with Crippen molar-refractivity contribution in [2.75, 3.05) is 19.1 Å². The van der Waals surface area contributed by atoms with Gasteiger partial charge in [0.05, 0.1) is 25.6 Å². The van der Waals surface area contributed by atoms with Crippen LogP contribution in [0.3, 0.4) is 0 Å². The molecule has 0 fully saturated rings. The van der Waals surface area contributed by atoms with Crippen molar-refractivity contribution >= 4 is 12.2 Å². The number of nitrogens with one attached hydrogen (secondary N) is 2. The number of H-pyrrole nitrogens is 1. The van der Waals surface area contributed by atoms with Crippen LogP contribution in [0.15, 0.2) is 64.5 Å². The van der Waals surface area contributed by atoms with E-state index >= 15 is 0 Å². The highest BCUT2D eigenvalue weighted by atomic mass is 16.5. The number of rotatable bonds is 7. The van der Waals surface area contributed by atoms with Gasteiger partial charge in [-0.2, -0.15) is 5.10 Å². The predicted molar refractivity (Wildman–Crippen MR) is 106 cm³/mol. The lowest BCUT2D eigenvalue weighted by molar-refractivity contribution is 0.340. The van der Waals surface area contributed by atoms with Crippen LogP contribution in [0.1, 0.15) is 12.5 Å². The summed E-state index contributed by atoms with van der Waals surface area (Å²) in [5, 5.41) is 4.15. The number of aromatic nitrogens is 2. The Balaban J connectivity index is 1.79. The lowest BCUT2D eigenvalue weighted by Gasteiger charge is -2.06. The fourth-order valence-electron chi connectivity index (χ4n) is 2.46. The molecule has 0 aliphatic carbocycles. The molecule has 2 aromatic carbocycles. The summed E-state index contributed by atoms with van der Waals surface area (Å²) in [6, 6.07) is 16.3. The van der Waals surface area contributed by atoms with Crippen LogP contribution in [-0.2, 0) is 0 Å². The lowest BCUT2D eigenvalue weighted by atomic mass is 10.1. The molecule has 0 radical (unpaired) electrons. The van der Waals surface area contributed by atoms with Crippen molar-refractivity contribution in [3.05, 3.63) is 70.5 Å². The first-order valence-corrected chi connectivity index (χ1v) is 8.46. The van der Waals surface area contributed by atoms with Crippen molar-refractivity contribution in [1.29, 1.82) is 0 Å². The van der Waals surface area contributed by atoms with Crippen LogP contribution in [0.4, 0.5) is 5.95 Å². The van der Waals surface area contributed by atoms with E-state index in [1.807, 2.05) is 55.5 Å². The summed E-state index contributed by atoms with van der Waals surface area (Å²) in [4.78, 5) is 19.0. The van der Waals surface area contributed by atoms with Crippen LogP contribution >= 0.6 is 0 Å². The Morgan fingerprint density at radius 2 is 1.96 bits per heavy atom. The molecule has 0 atom stereocenters. The lowest BCUT2D eigenvalue weighted by Crippen LogP contribution is -2.10. The monoisotopic (exact) mass is 364 g/mol. The zero-order chi connectivity index (χ0) is 19.1. The fraction of sp³-hybridized carbons (Fsp3) is 0.150. The second-order valence-electron chi connectivity index (χ2n) is 5.55. The molecule has 3 aromatic rings. The van der Waals surface area contributed by atoms with E-state index in [1.54, 1.807) is 13.3 Å². The normalized spacial score (nSPS) is 10.7. The standard InChI is InChI=1S/C20H20N4O3/c1-3-27-18-7-5-4-6-15(18)13-21-24-20-22-17(12-19(25)23-20)14-8-10-16(26-2)11-9-14/h4-13H,3H2,1-2H3,(H2,22,23,24,25)/b21-13-. The van der Waals surface area contributed by atoms with Gasteiger partial charge in [-0.1, -0.05) is 12.1 Å². The number of methoxy groups -OCH3 is 1. The first-order valence-electron chi connectivity index (χ1n) is 8.46. The SMILES string of the molecule is CCOc1ccccc1/C=N\Nc1nc(-c2ccc(OC)cc2)cc(=O)[nH]1. The Kier molecular flexibility index (Phi) is 5.84. The van der Waals surface area contributed by atoms with Gasteiger partial charge in [-0.25, -0.2) is 10.4 Å². The maximum Gasteiger partial charge on any atom is 0.252 e. The molecule has 0 unspecified atom stereocenters. The summed E-state index contributed by atoms with van der Waals surface area (Å²) in [7, 11) is 1.60. The topological polar surface area (TPSA) is 88.6 Å². The highest BCUT2D eigenvalue weighted by molar-refractivity contribution is 5.83. The summed E-state index contributed by atoms with van der Waals surface area (Å²) in [5.74, 6) is 1.72. The molecule has 0 saturated carbocycles. The van der Waals surface area contributed by atoms with E-state index in [1.165, 1.54) is 6.07 Å². The Labute approximate surface area is 156 Å². The maximum absolute atomic E-state index is 11.9. The number of hydrogen-bond acceptors (Lipinski definition) is 6. The maximum atomic E-state index is 11.9. The number of para-hydroxylation sites is 1. The molecule has 138 valence electrons. The van der Waals surface area contributed by atoms with Crippen molar-refractivity contribution in [1.82, 2.24) is 9.97 Å². The number of nitrogens with zero attached hydrogens (tertiary/aromatic N) is 2. The quantitative estimate of drug-likeness (QED) is 0.496. The van der Waals surface area contributed by atoms with E-state index in [-0.39, 0.29) is 11.5 Å². The molecule has 27 heavy (non-hydrogen) atoms. The highest BCUT2D eigenvalue weighted by Gasteiger charge is 2.04. The second-order valence-corrected chi connectivity index (χ2v) is 5.55. The van der Waals surface area contributed by atoms with Crippen LogP contribution in [-0.4, -0.2) is 29.9 Å². The molecule has 0 amide bonds. The third-order valence-electron chi connectivity index (χ3n) is 3.72. The van der Waals surface area contributed by atoms with Crippen molar-refractivity contribution in [3.63, 3.8) is 0 Å². The van der Waals surface area contributed by atoms with E-state index in [9.17, 15) is 4.79 Å². The van der Waals surface area contributed by atoms with Gasteiger partial charge in [0.1, 0.15) is 11.5 Å². The second kappa shape index (κ2) is 8.66. The first-order chi connectivity index (χ1) is 13.2. The van der Waals surface area contributed by atoms with Crippen molar-refractivity contribution < 1.29 is 9.47 Å². The van der Waals surface area contributed by atoms with E-state index in [0.29, 0.717) is 12.3 Å². The Morgan fingerprint density at radius 3 is 2.70 bits per heavy atom.